The van der Waals surface area contributed by atoms with E-state index < -0.39 is 0 Å². The third-order valence-electron chi connectivity index (χ3n) is 3.56. The number of H-pyrrole nitrogens is 1. The van der Waals surface area contributed by atoms with Gasteiger partial charge in [-0.1, -0.05) is 0 Å². The van der Waals surface area contributed by atoms with E-state index in [-0.39, 0.29) is 6.04 Å². The topological polar surface area (TPSA) is 61.2 Å². The summed E-state index contributed by atoms with van der Waals surface area (Å²) in [7, 11) is 2.17. The fraction of sp³-hybridized carbons (Fsp3) is 0.750. The first-order valence-electron chi connectivity index (χ1n) is 6.27. The molecular formula is C12H23N5. The summed E-state index contributed by atoms with van der Waals surface area (Å²) < 4.78 is 0. The molecule has 0 saturated carbocycles. The molecule has 1 fully saturated rings. The minimum Gasteiger partial charge on any atom is -0.346 e. The number of hydrogen-bond acceptors (Lipinski definition) is 4. The Morgan fingerprint density at radius 1 is 1.29 bits per heavy atom. The van der Waals surface area contributed by atoms with Gasteiger partial charge in [0.2, 0.25) is 0 Å². The lowest BCUT2D eigenvalue weighted by Crippen LogP contribution is -2.47. The van der Waals surface area contributed by atoms with Crippen LogP contribution in [0.5, 0.6) is 0 Å². The Morgan fingerprint density at radius 3 is 2.41 bits per heavy atom. The second kappa shape index (κ2) is 5.16. The molecule has 17 heavy (non-hydrogen) atoms. The van der Waals surface area contributed by atoms with Gasteiger partial charge in [0.25, 0.3) is 0 Å². The molecule has 1 saturated heterocycles. The lowest BCUT2D eigenvalue weighted by molar-refractivity contribution is 0.112. The van der Waals surface area contributed by atoms with Crippen molar-refractivity contribution in [1.29, 1.82) is 0 Å². The highest BCUT2D eigenvalue weighted by Crippen LogP contribution is 2.22. The third-order valence-corrected chi connectivity index (χ3v) is 3.56. The van der Waals surface area contributed by atoms with Crippen molar-refractivity contribution in [3.63, 3.8) is 0 Å². The molecule has 5 heteroatoms. The zero-order chi connectivity index (χ0) is 12.4. The number of nitrogens with zero attached hydrogens (tertiary/aromatic N) is 3. The van der Waals surface area contributed by atoms with Gasteiger partial charge in [0.05, 0.1) is 11.7 Å². The number of rotatable bonds is 3. The second-order valence-corrected chi connectivity index (χ2v) is 4.92. The van der Waals surface area contributed by atoms with Crippen molar-refractivity contribution in [2.45, 2.75) is 19.9 Å². The number of aromatic nitrogens is 2. The van der Waals surface area contributed by atoms with Crippen LogP contribution >= 0.6 is 0 Å². The SMILES string of the molecule is Cc1nc(C(CN)N2CCN(C)CC2)c(C)[nH]1. The molecule has 3 N–H and O–H groups in total. The molecule has 1 aliphatic rings. The van der Waals surface area contributed by atoms with Gasteiger partial charge < -0.3 is 15.6 Å². The Labute approximate surface area is 103 Å². The molecule has 0 radical (unpaired) electrons. The first-order chi connectivity index (χ1) is 8.11. The van der Waals surface area contributed by atoms with Crippen LogP contribution in [0.15, 0.2) is 0 Å². The van der Waals surface area contributed by atoms with Crippen LogP contribution in [0.25, 0.3) is 0 Å². The molecule has 5 nitrogen and oxygen atoms in total. The summed E-state index contributed by atoms with van der Waals surface area (Å²) >= 11 is 0. The lowest BCUT2D eigenvalue weighted by atomic mass is 10.1. The van der Waals surface area contributed by atoms with Gasteiger partial charge in [-0.2, -0.15) is 0 Å². The quantitative estimate of drug-likeness (QED) is 0.792. The highest BCUT2D eigenvalue weighted by molar-refractivity contribution is 5.17. The van der Waals surface area contributed by atoms with Crippen molar-refractivity contribution in [1.82, 2.24) is 19.8 Å². The summed E-state index contributed by atoms with van der Waals surface area (Å²) in [6, 6.07) is 0.258. The maximum Gasteiger partial charge on any atom is 0.103 e. The summed E-state index contributed by atoms with van der Waals surface area (Å²) in [4.78, 5) is 12.7. The molecule has 0 amide bonds. The maximum absolute atomic E-state index is 5.94. The molecular weight excluding hydrogens is 214 g/mol. The number of hydrogen-bond donors (Lipinski definition) is 2. The second-order valence-electron chi connectivity index (χ2n) is 4.92. The van der Waals surface area contributed by atoms with Crippen LogP contribution in [0, 0.1) is 13.8 Å². The molecule has 1 aromatic heterocycles. The number of nitrogens with one attached hydrogen (secondary N) is 1. The molecule has 2 heterocycles. The van der Waals surface area contributed by atoms with Crippen LogP contribution in [-0.4, -0.2) is 59.5 Å². The summed E-state index contributed by atoms with van der Waals surface area (Å²) in [6.45, 7) is 9.07. The van der Waals surface area contributed by atoms with Crippen LogP contribution in [0.2, 0.25) is 0 Å². The fourth-order valence-corrected chi connectivity index (χ4v) is 2.52. The summed E-state index contributed by atoms with van der Waals surface area (Å²) in [5.74, 6) is 0.977. The zero-order valence-electron chi connectivity index (χ0n) is 11.0. The van der Waals surface area contributed by atoms with Crippen molar-refractivity contribution in [2.24, 2.45) is 5.73 Å². The van der Waals surface area contributed by atoms with Gasteiger partial charge in [0, 0.05) is 38.4 Å². The van der Waals surface area contributed by atoms with Crippen molar-refractivity contribution < 1.29 is 0 Å². The van der Waals surface area contributed by atoms with E-state index in [0.29, 0.717) is 6.54 Å². The summed E-state index contributed by atoms with van der Waals surface area (Å²) in [5, 5.41) is 0. The van der Waals surface area contributed by atoms with E-state index in [9.17, 15) is 0 Å². The van der Waals surface area contributed by atoms with Gasteiger partial charge in [0.1, 0.15) is 5.82 Å². The van der Waals surface area contributed by atoms with Crippen LogP contribution in [-0.2, 0) is 0 Å². The summed E-state index contributed by atoms with van der Waals surface area (Å²) in [5.41, 5.74) is 8.21. The largest absolute Gasteiger partial charge is 0.346 e. The molecule has 0 bridgehead atoms. The Bertz CT molecular complexity index is 365. The normalized spacial score (nSPS) is 20.7. The molecule has 0 aliphatic carbocycles. The van der Waals surface area contributed by atoms with Crippen LogP contribution in [0.3, 0.4) is 0 Å². The fourth-order valence-electron chi connectivity index (χ4n) is 2.52. The molecule has 0 spiro atoms. The van der Waals surface area contributed by atoms with Crippen molar-refractivity contribution in [3.05, 3.63) is 17.2 Å². The minimum atomic E-state index is 0.258. The van der Waals surface area contributed by atoms with Crippen molar-refractivity contribution in [3.8, 4) is 0 Å². The summed E-state index contributed by atoms with van der Waals surface area (Å²) in [6.07, 6.45) is 0. The Morgan fingerprint density at radius 2 is 1.94 bits per heavy atom. The minimum absolute atomic E-state index is 0.258. The lowest BCUT2D eigenvalue weighted by Gasteiger charge is -2.37. The van der Waals surface area contributed by atoms with E-state index in [1.807, 2.05) is 6.92 Å². The predicted octanol–water partition coefficient (Wildman–Crippen LogP) is 0.274. The Balaban J connectivity index is 2.13. The highest BCUT2D eigenvalue weighted by atomic mass is 15.3. The molecule has 1 aliphatic heterocycles. The van der Waals surface area contributed by atoms with E-state index in [4.69, 9.17) is 5.73 Å². The highest BCUT2D eigenvalue weighted by Gasteiger charge is 2.25. The van der Waals surface area contributed by atoms with E-state index in [1.54, 1.807) is 0 Å². The van der Waals surface area contributed by atoms with Crippen LogP contribution in [0.1, 0.15) is 23.3 Å². The molecule has 1 unspecified atom stereocenters. The molecule has 1 aromatic rings. The maximum atomic E-state index is 5.94. The molecule has 96 valence electrons. The van der Waals surface area contributed by atoms with Crippen LogP contribution < -0.4 is 5.73 Å². The van der Waals surface area contributed by atoms with E-state index in [1.165, 1.54) is 0 Å². The standard InChI is InChI=1S/C12H23N5/c1-9-12(15-10(2)14-9)11(8-13)17-6-4-16(3)5-7-17/h11H,4-8,13H2,1-3H3,(H,14,15). The van der Waals surface area contributed by atoms with E-state index >= 15 is 0 Å². The monoisotopic (exact) mass is 237 g/mol. The third kappa shape index (κ3) is 2.68. The smallest absolute Gasteiger partial charge is 0.103 e. The van der Waals surface area contributed by atoms with E-state index in [2.05, 4.69) is 33.7 Å². The molecule has 2 rings (SSSR count). The first-order valence-corrected chi connectivity index (χ1v) is 6.27. The van der Waals surface area contributed by atoms with Crippen molar-refractivity contribution in [2.75, 3.05) is 39.8 Å². The van der Waals surface area contributed by atoms with Crippen LogP contribution in [0.4, 0.5) is 0 Å². The number of aromatic amines is 1. The number of piperazine rings is 1. The Hall–Kier alpha value is -0.910. The van der Waals surface area contributed by atoms with Gasteiger partial charge in [-0.05, 0) is 20.9 Å². The average molecular weight is 237 g/mol. The molecule has 0 aromatic carbocycles. The number of imidazole rings is 1. The predicted molar refractivity (Wildman–Crippen MR) is 68.9 cm³/mol. The average Bonchev–Trinajstić information content (AvgIpc) is 2.62. The van der Waals surface area contributed by atoms with Gasteiger partial charge >= 0.3 is 0 Å². The zero-order valence-corrected chi connectivity index (χ0v) is 11.0. The van der Waals surface area contributed by atoms with Gasteiger partial charge in [-0.3, -0.25) is 4.90 Å². The van der Waals surface area contributed by atoms with Gasteiger partial charge in [0.15, 0.2) is 0 Å². The first kappa shape index (κ1) is 12.5. The number of likely N-dealkylation sites (N-methyl/N-ethyl adjacent to an activating group) is 1. The Kier molecular flexibility index (Phi) is 3.81. The number of nitrogens with two attached hydrogens (primary N) is 1. The van der Waals surface area contributed by atoms with Gasteiger partial charge in [-0.15, -0.1) is 0 Å². The van der Waals surface area contributed by atoms with Gasteiger partial charge in [-0.25, -0.2) is 4.98 Å². The van der Waals surface area contributed by atoms with Crippen molar-refractivity contribution >= 4 is 0 Å². The molecule has 1 atom stereocenters. The van der Waals surface area contributed by atoms with E-state index in [0.717, 1.165) is 43.4 Å². The number of aryl methyl sites for hydroxylation is 2.